The average Bonchev–Trinajstić information content (AvgIpc) is 2.42. The summed E-state index contributed by atoms with van der Waals surface area (Å²) in [6.07, 6.45) is 4.57. The first kappa shape index (κ1) is 14.5. The van der Waals surface area contributed by atoms with Crippen LogP contribution in [0, 0.1) is 11.8 Å². The first-order valence-corrected chi connectivity index (χ1v) is 6.97. The molecule has 3 unspecified atom stereocenters. The molecule has 0 aliphatic heterocycles. The van der Waals surface area contributed by atoms with Gasteiger partial charge in [0.1, 0.15) is 5.69 Å². The molecule has 1 aromatic heterocycles. The Bertz CT molecular complexity index is 498. The van der Waals surface area contributed by atoms with E-state index >= 15 is 0 Å². The molecule has 0 bridgehead atoms. The molecule has 1 aliphatic rings. The molecule has 1 amide bonds. The number of aromatic carboxylic acids is 1. The average molecular weight is 276 g/mol. The van der Waals surface area contributed by atoms with Crippen LogP contribution in [-0.4, -0.2) is 28.0 Å². The summed E-state index contributed by atoms with van der Waals surface area (Å²) in [5.74, 6) is -0.0867. The number of hydrogen-bond donors (Lipinski definition) is 2. The van der Waals surface area contributed by atoms with E-state index in [9.17, 15) is 9.59 Å². The third-order valence-electron chi connectivity index (χ3n) is 3.99. The molecule has 0 radical (unpaired) electrons. The van der Waals surface area contributed by atoms with Gasteiger partial charge in [-0.05, 0) is 43.2 Å². The maximum Gasteiger partial charge on any atom is 0.354 e. The summed E-state index contributed by atoms with van der Waals surface area (Å²) >= 11 is 0. The highest BCUT2D eigenvalue weighted by molar-refractivity contribution is 5.95. The van der Waals surface area contributed by atoms with Crippen LogP contribution in [0.4, 0.5) is 0 Å². The highest BCUT2D eigenvalue weighted by atomic mass is 16.4. The molecule has 1 heterocycles. The summed E-state index contributed by atoms with van der Waals surface area (Å²) in [6, 6.07) is 3.05. The van der Waals surface area contributed by atoms with Crippen LogP contribution in [0.2, 0.25) is 0 Å². The predicted molar refractivity (Wildman–Crippen MR) is 74.6 cm³/mol. The number of aromatic nitrogens is 1. The minimum absolute atomic E-state index is 0.0543. The van der Waals surface area contributed by atoms with Crippen LogP contribution in [0.5, 0.6) is 0 Å². The number of carbonyl (C=O) groups is 2. The molecule has 5 nitrogen and oxygen atoms in total. The fourth-order valence-electron chi connectivity index (χ4n) is 2.79. The number of hydrogen-bond acceptors (Lipinski definition) is 3. The lowest BCUT2D eigenvalue weighted by molar-refractivity contribution is 0.0689. The second-order valence-electron chi connectivity index (χ2n) is 5.71. The Morgan fingerprint density at radius 3 is 2.60 bits per heavy atom. The Labute approximate surface area is 118 Å². The molecule has 3 atom stereocenters. The summed E-state index contributed by atoms with van der Waals surface area (Å²) in [6.45, 7) is 4.40. The van der Waals surface area contributed by atoms with E-state index in [0.29, 0.717) is 11.5 Å². The van der Waals surface area contributed by atoms with Gasteiger partial charge in [-0.3, -0.25) is 4.79 Å². The first-order valence-electron chi connectivity index (χ1n) is 6.97. The fourth-order valence-corrected chi connectivity index (χ4v) is 2.79. The van der Waals surface area contributed by atoms with Gasteiger partial charge < -0.3 is 10.4 Å². The lowest BCUT2D eigenvalue weighted by Crippen LogP contribution is -2.42. The molecule has 1 fully saturated rings. The van der Waals surface area contributed by atoms with Gasteiger partial charge in [0.25, 0.3) is 5.91 Å². The molecule has 5 heteroatoms. The third kappa shape index (κ3) is 3.35. The Kier molecular flexibility index (Phi) is 4.37. The van der Waals surface area contributed by atoms with E-state index in [1.165, 1.54) is 18.3 Å². The van der Waals surface area contributed by atoms with Crippen LogP contribution < -0.4 is 5.32 Å². The molecule has 1 aromatic rings. The van der Waals surface area contributed by atoms with Crippen molar-refractivity contribution in [1.29, 1.82) is 0 Å². The standard InChI is InChI=1S/C15H20N2O3/c1-9-3-5-12(10(2)7-9)17-14(18)11-4-6-13(15(19)20)16-8-11/h4,6,8-10,12H,3,5,7H2,1-2H3,(H,17,18)(H,19,20). The van der Waals surface area contributed by atoms with E-state index in [0.717, 1.165) is 25.2 Å². The molecule has 20 heavy (non-hydrogen) atoms. The molecule has 0 aromatic carbocycles. The lowest BCUT2D eigenvalue weighted by Gasteiger charge is -2.33. The highest BCUT2D eigenvalue weighted by Gasteiger charge is 2.26. The lowest BCUT2D eigenvalue weighted by atomic mass is 9.80. The summed E-state index contributed by atoms with van der Waals surface area (Å²) in [4.78, 5) is 26.6. The van der Waals surface area contributed by atoms with E-state index in [-0.39, 0.29) is 17.6 Å². The molecular formula is C15H20N2O3. The Hall–Kier alpha value is -1.91. The molecular weight excluding hydrogens is 256 g/mol. The fraction of sp³-hybridized carbons (Fsp3) is 0.533. The van der Waals surface area contributed by atoms with Gasteiger partial charge in [0.15, 0.2) is 0 Å². The Morgan fingerprint density at radius 2 is 2.05 bits per heavy atom. The van der Waals surface area contributed by atoms with Crippen molar-refractivity contribution >= 4 is 11.9 Å². The zero-order valence-electron chi connectivity index (χ0n) is 11.8. The Morgan fingerprint density at radius 1 is 1.30 bits per heavy atom. The maximum atomic E-state index is 12.1. The van der Waals surface area contributed by atoms with Gasteiger partial charge in [0.2, 0.25) is 0 Å². The summed E-state index contributed by atoms with van der Waals surface area (Å²) < 4.78 is 0. The summed E-state index contributed by atoms with van der Waals surface area (Å²) in [5.41, 5.74) is 0.349. The quantitative estimate of drug-likeness (QED) is 0.888. The topological polar surface area (TPSA) is 79.3 Å². The van der Waals surface area contributed by atoms with Crippen LogP contribution in [0.3, 0.4) is 0 Å². The highest BCUT2D eigenvalue weighted by Crippen LogP contribution is 2.28. The van der Waals surface area contributed by atoms with Crippen LogP contribution in [0.15, 0.2) is 18.3 Å². The molecule has 2 rings (SSSR count). The van der Waals surface area contributed by atoms with Crippen molar-refractivity contribution in [3.8, 4) is 0 Å². The molecule has 0 saturated heterocycles. The molecule has 1 saturated carbocycles. The molecule has 1 aliphatic carbocycles. The zero-order valence-corrected chi connectivity index (χ0v) is 11.8. The van der Waals surface area contributed by atoms with E-state index < -0.39 is 5.97 Å². The minimum atomic E-state index is -1.09. The minimum Gasteiger partial charge on any atom is -0.477 e. The second kappa shape index (κ2) is 6.03. The van der Waals surface area contributed by atoms with Gasteiger partial charge in [-0.1, -0.05) is 13.8 Å². The zero-order chi connectivity index (χ0) is 14.7. The van der Waals surface area contributed by atoms with Gasteiger partial charge >= 0.3 is 5.97 Å². The van der Waals surface area contributed by atoms with Crippen molar-refractivity contribution in [3.63, 3.8) is 0 Å². The largest absolute Gasteiger partial charge is 0.477 e. The number of nitrogens with zero attached hydrogens (tertiary/aromatic N) is 1. The van der Waals surface area contributed by atoms with Gasteiger partial charge in [0, 0.05) is 12.2 Å². The number of rotatable bonds is 3. The molecule has 2 N–H and O–H groups in total. The monoisotopic (exact) mass is 276 g/mol. The summed E-state index contributed by atoms with van der Waals surface area (Å²) in [5, 5.41) is 11.8. The molecule has 0 spiro atoms. The van der Waals surface area contributed by atoms with Gasteiger partial charge in [-0.2, -0.15) is 0 Å². The van der Waals surface area contributed by atoms with Crippen LogP contribution in [0.1, 0.15) is 54.0 Å². The van der Waals surface area contributed by atoms with E-state index in [1.807, 2.05) is 0 Å². The number of carboxylic acids is 1. The van der Waals surface area contributed by atoms with Crippen molar-refractivity contribution in [3.05, 3.63) is 29.6 Å². The van der Waals surface area contributed by atoms with Crippen LogP contribution in [0.25, 0.3) is 0 Å². The van der Waals surface area contributed by atoms with Gasteiger partial charge in [0.05, 0.1) is 5.56 Å². The Balaban J connectivity index is 1.99. The van der Waals surface area contributed by atoms with Crippen molar-refractivity contribution in [2.75, 3.05) is 0 Å². The SMILES string of the molecule is CC1CCC(NC(=O)c2ccc(C(=O)O)nc2)C(C)C1. The first-order chi connectivity index (χ1) is 9.47. The van der Waals surface area contributed by atoms with Crippen molar-refractivity contribution in [2.24, 2.45) is 11.8 Å². The number of carboxylic acid groups (broad SMARTS) is 1. The number of carbonyl (C=O) groups excluding carboxylic acids is 1. The van der Waals surface area contributed by atoms with Crippen molar-refractivity contribution in [1.82, 2.24) is 10.3 Å². The van der Waals surface area contributed by atoms with Crippen molar-refractivity contribution in [2.45, 2.75) is 39.2 Å². The maximum absolute atomic E-state index is 12.1. The third-order valence-corrected chi connectivity index (χ3v) is 3.99. The second-order valence-corrected chi connectivity index (χ2v) is 5.71. The number of pyridine rings is 1. The smallest absolute Gasteiger partial charge is 0.354 e. The summed E-state index contributed by atoms with van der Waals surface area (Å²) in [7, 11) is 0. The number of nitrogens with one attached hydrogen (secondary N) is 1. The van der Waals surface area contributed by atoms with E-state index in [2.05, 4.69) is 24.1 Å². The van der Waals surface area contributed by atoms with Crippen molar-refractivity contribution < 1.29 is 14.7 Å². The van der Waals surface area contributed by atoms with E-state index in [4.69, 9.17) is 5.11 Å². The van der Waals surface area contributed by atoms with Gasteiger partial charge in [-0.25, -0.2) is 9.78 Å². The predicted octanol–water partition coefficient (Wildman–Crippen LogP) is 2.33. The van der Waals surface area contributed by atoms with Gasteiger partial charge in [-0.15, -0.1) is 0 Å². The van der Waals surface area contributed by atoms with Crippen LogP contribution >= 0.6 is 0 Å². The van der Waals surface area contributed by atoms with E-state index in [1.54, 1.807) is 0 Å². The normalized spacial score (nSPS) is 26.0. The van der Waals surface area contributed by atoms with Crippen LogP contribution in [-0.2, 0) is 0 Å². The molecule has 108 valence electrons. The number of amides is 1.